The highest BCUT2D eigenvalue weighted by Crippen LogP contribution is 2.45. The summed E-state index contributed by atoms with van der Waals surface area (Å²) in [6.45, 7) is 9.36. The average Bonchev–Trinajstić information content (AvgIpc) is 3.06. The van der Waals surface area contributed by atoms with Gasteiger partial charge in [0.05, 0.1) is 11.6 Å². The number of aromatic nitrogens is 2. The molecule has 6 nitrogen and oxygen atoms in total. The zero-order valence-corrected chi connectivity index (χ0v) is 16.3. The Hall–Kier alpha value is -1.85. The second-order valence-electron chi connectivity index (χ2n) is 8.82. The number of H-pyrrole nitrogens is 1. The minimum Gasteiger partial charge on any atom is -0.338 e. The van der Waals surface area contributed by atoms with Crippen LogP contribution >= 0.6 is 0 Å². The Morgan fingerprint density at radius 3 is 2.27 bits per heavy atom. The van der Waals surface area contributed by atoms with Crippen molar-refractivity contribution < 1.29 is 9.59 Å². The molecule has 1 N–H and O–H groups in total. The molecule has 1 aliphatic carbocycles. The maximum atomic E-state index is 13.1. The van der Waals surface area contributed by atoms with Crippen LogP contribution in [0, 0.1) is 19.3 Å². The molecule has 4 rings (SSSR count). The van der Waals surface area contributed by atoms with Crippen molar-refractivity contribution in [3.05, 3.63) is 17.0 Å². The number of rotatable bonds is 3. The predicted octanol–water partition coefficient (Wildman–Crippen LogP) is 2.52. The molecule has 1 aromatic heterocycles. The summed E-state index contributed by atoms with van der Waals surface area (Å²) in [4.78, 5) is 30.3. The maximum Gasteiger partial charge on any atom is 0.230 e. The fourth-order valence-electron chi connectivity index (χ4n) is 5.24. The number of nitrogens with zero attached hydrogens (tertiary/aromatic N) is 3. The summed E-state index contributed by atoms with van der Waals surface area (Å²) >= 11 is 0. The van der Waals surface area contributed by atoms with Gasteiger partial charge in [-0.25, -0.2) is 0 Å². The number of fused-ring (bicyclic) bond motifs is 2. The lowest BCUT2D eigenvalue weighted by molar-refractivity contribution is -0.155. The van der Waals surface area contributed by atoms with Crippen LogP contribution in [0.5, 0.6) is 0 Å². The van der Waals surface area contributed by atoms with Gasteiger partial charge in [-0.2, -0.15) is 5.10 Å². The number of aromatic amines is 1. The number of hydrogen-bond acceptors (Lipinski definition) is 3. The van der Waals surface area contributed by atoms with Gasteiger partial charge in [-0.3, -0.25) is 14.7 Å². The third-order valence-corrected chi connectivity index (χ3v) is 6.99. The van der Waals surface area contributed by atoms with Gasteiger partial charge in [0.15, 0.2) is 0 Å². The van der Waals surface area contributed by atoms with Crippen molar-refractivity contribution >= 4 is 11.8 Å². The highest BCUT2D eigenvalue weighted by atomic mass is 16.2. The van der Waals surface area contributed by atoms with Gasteiger partial charge in [-0.15, -0.1) is 0 Å². The zero-order valence-electron chi connectivity index (χ0n) is 16.3. The largest absolute Gasteiger partial charge is 0.338 e. The molecule has 3 unspecified atom stereocenters. The molecule has 0 spiro atoms. The monoisotopic (exact) mass is 358 g/mol. The van der Waals surface area contributed by atoms with E-state index in [4.69, 9.17) is 0 Å². The predicted molar refractivity (Wildman–Crippen MR) is 98.7 cm³/mol. The molecule has 2 aliphatic heterocycles. The van der Waals surface area contributed by atoms with E-state index in [-0.39, 0.29) is 29.3 Å². The van der Waals surface area contributed by atoms with E-state index in [1.165, 1.54) is 0 Å². The van der Waals surface area contributed by atoms with E-state index in [1.54, 1.807) is 0 Å². The molecule has 6 heteroatoms. The number of carbonyl (C=O) groups excluding carboxylic acids is 2. The molecule has 2 saturated heterocycles. The lowest BCUT2D eigenvalue weighted by atomic mass is 9.69. The third kappa shape index (κ3) is 2.57. The summed E-state index contributed by atoms with van der Waals surface area (Å²) in [7, 11) is 0. The summed E-state index contributed by atoms with van der Waals surface area (Å²) < 4.78 is 0. The lowest BCUT2D eigenvalue weighted by Gasteiger charge is -2.47. The van der Waals surface area contributed by atoms with Gasteiger partial charge < -0.3 is 9.80 Å². The van der Waals surface area contributed by atoms with Crippen LogP contribution in [0.2, 0.25) is 0 Å². The summed E-state index contributed by atoms with van der Waals surface area (Å²) in [5.41, 5.74) is 2.74. The van der Waals surface area contributed by atoms with Crippen LogP contribution in [0.4, 0.5) is 0 Å². The Bertz CT molecular complexity index is 703. The lowest BCUT2D eigenvalue weighted by Crippen LogP contribution is -2.61. The van der Waals surface area contributed by atoms with Gasteiger partial charge in [-0.1, -0.05) is 13.3 Å². The molecule has 3 heterocycles. The molecule has 2 bridgehead atoms. The molecular weight excluding hydrogens is 328 g/mol. The van der Waals surface area contributed by atoms with Crippen LogP contribution in [0.25, 0.3) is 0 Å². The summed E-state index contributed by atoms with van der Waals surface area (Å²) in [5, 5.41) is 7.22. The Morgan fingerprint density at radius 2 is 1.81 bits per heavy atom. The summed E-state index contributed by atoms with van der Waals surface area (Å²) in [5.74, 6) is 0.300. The highest BCUT2D eigenvalue weighted by molar-refractivity contribution is 5.86. The first-order valence-corrected chi connectivity index (χ1v) is 9.95. The molecule has 1 saturated carbocycles. The molecule has 0 radical (unpaired) electrons. The van der Waals surface area contributed by atoms with Gasteiger partial charge in [0.1, 0.15) is 0 Å². The van der Waals surface area contributed by atoms with Crippen molar-refractivity contribution in [2.75, 3.05) is 13.1 Å². The van der Waals surface area contributed by atoms with Crippen LogP contribution in [0.15, 0.2) is 0 Å². The fourth-order valence-corrected chi connectivity index (χ4v) is 5.24. The van der Waals surface area contributed by atoms with E-state index < -0.39 is 0 Å². The van der Waals surface area contributed by atoms with Crippen molar-refractivity contribution in [3.63, 3.8) is 0 Å². The first-order chi connectivity index (χ1) is 12.3. The Kier molecular flexibility index (Phi) is 4.12. The number of amides is 2. The topological polar surface area (TPSA) is 69.3 Å². The van der Waals surface area contributed by atoms with Crippen LogP contribution in [0.1, 0.15) is 68.8 Å². The van der Waals surface area contributed by atoms with Crippen molar-refractivity contribution in [2.45, 2.75) is 77.8 Å². The van der Waals surface area contributed by atoms with Crippen molar-refractivity contribution in [2.24, 2.45) is 5.41 Å². The van der Waals surface area contributed by atoms with Crippen molar-refractivity contribution in [1.82, 2.24) is 20.0 Å². The fraction of sp³-hybridized carbons (Fsp3) is 0.750. The van der Waals surface area contributed by atoms with E-state index in [0.717, 1.165) is 49.1 Å². The first-order valence-electron chi connectivity index (χ1n) is 9.95. The second-order valence-corrected chi connectivity index (χ2v) is 8.82. The minimum atomic E-state index is -0.195. The number of carbonyl (C=O) groups is 2. The molecule has 3 aliphatic rings. The van der Waals surface area contributed by atoms with E-state index in [1.807, 2.05) is 25.7 Å². The Morgan fingerprint density at radius 1 is 1.19 bits per heavy atom. The average molecular weight is 358 g/mol. The zero-order chi connectivity index (χ0) is 18.6. The van der Waals surface area contributed by atoms with Crippen LogP contribution in [0.3, 0.4) is 0 Å². The normalized spacial score (nSPS) is 28.0. The highest BCUT2D eigenvalue weighted by Gasteiger charge is 2.50. The van der Waals surface area contributed by atoms with Gasteiger partial charge >= 0.3 is 0 Å². The number of piperazine rings is 1. The van der Waals surface area contributed by atoms with E-state index >= 15 is 0 Å². The number of hydrogen-bond donors (Lipinski definition) is 1. The van der Waals surface area contributed by atoms with Gasteiger partial charge in [0.25, 0.3) is 0 Å². The Labute approximate surface area is 155 Å². The van der Waals surface area contributed by atoms with Crippen LogP contribution < -0.4 is 0 Å². The summed E-state index contributed by atoms with van der Waals surface area (Å²) in [6.07, 6.45) is 5.24. The SMILES string of the molecule is Cc1n[nH]c(C)c1C(C)C(=O)N1CC2CCC(C1)N2C(=O)C1(C)CCC1. The van der Waals surface area contributed by atoms with E-state index in [2.05, 4.69) is 22.0 Å². The number of aryl methyl sites for hydroxylation is 2. The molecule has 3 atom stereocenters. The smallest absolute Gasteiger partial charge is 0.230 e. The van der Waals surface area contributed by atoms with Crippen molar-refractivity contribution in [3.8, 4) is 0 Å². The number of likely N-dealkylation sites (tertiary alicyclic amines) is 1. The maximum absolute atomic E-state index is 13.1. The Balaban J connectivity index is 1.48. The molecule has 0 aromatic carbocycles. The first kappa shape index (κ1) is 17.6. The second kappa shape index (κ2) is 6.10. The van der Waals surface area contributed by atoms with Crippen LogP contribution in [-0.4, -0.2) is 57.0 Å². The summed E-state index contributed by atoms with van der Waals surface area (Å²) in [6, 6.07) is 0.391. The van der Waals surface area contributed by atoms with Gasteiger partial charge in [0, 0.05) is 41.8 Å². The molecule has 2 amide bonds. The minimum absolute atomic E-state index is 0.147. The molecule has 142 valence electrons. The quantitative estimate of drug-likeness (QED) is 0.903. The molecule has 1 aromatic rings. The van der Waals surface area contributed by atoms with E-state index in [0.29, 0.717) is 19.0 Å². The van der Waals surface area contributed by atoms with Crippen LogP contribution in [-0.2, 0) is 9.59 Å². The third-order valence-electron chi connectivity index (χ3n) is 6.99. The van der Waals surface area contributed by atoms with E-state index in [9.17, 15) is 9.59 Å². The number of nitrogens with one attached hydrogen (secondary N) is 1. The molecule has 3 fully saturated rings. The van der Waals surface area contributed by atoms with Gasteiger partial charge in [0.2, 0.25) is 11.8 Å². The van der Waals surface area contributed by atoms with Crippen molar-refractivity contribution in [1.29, 1.82) is 0 Å². The molecular formula is C20H30N4O2. The molecule has 26 heavy (non-hydrogen) atoms. The van der Waals surface area contributed by atoms with Gasteiger partial charge in [-0.05, 0) is 46.5 Å². The standard InChI is InChI=1S/C20H30N4O2/c1-12(17-13(2)21-22-14(17)3)18(25)23-10-15-6-7-16(11-23)24(15)19(26)20(4)8-5-9-20/h12,15-16H,5-11H2,1-4H3,(H,21,22).